The van der Waals surface area contributed by atoms with Gasteiger partial charge in [0.25, 0.3) is 0 Å². The Morgan fingerprint density at radius 1 is 1.48 bits per heavy atom. The van der Waals surface area contributed by atoms with E-state index in [4.69, 9.17) is 15.2 Å². The van der Waals surface area contributed by atoms with E-state index < -0.39 is 10.0 Å². The number of nitrogens with one attached hydrogen (secondary N) is 1. The maximum absolute atomic E-state index is 11.9. The number of rotatable bonds is 7. The molecule has 0 aromatic heterocycles. The Morgan fingerprint density at radius 2 is 2.29 bits per heavy atom. The highest BCUT2D eigenvalue weighted by atomic mass is 32.2. The zero-order chi connectivity index (χ0) is 15.3. The zero-order valence-electron chi connectivity index (χ0n) is 12.2. The second-order valence-electron chi connectivity index (χ2n) is 5.46. The van der Waals surface area contributed by atoms with Crippen molar-refractivity contribution in [2.75, 3.05) is 31.2 Å². The van der Waals surface area contributed by atoms with E-state index in [2.05, 4.69) is 4.72 Å². The van der Waals surface area contributed by atoms with Crippen molar-refractivity contribution in [3.05, 3.63) is 24.3 Å². The highest BCUT2D eigenvalue weighted by molar-refractivity contribution is 7.89. The van der Waals surface area contributed by atoms with Crippen molar-refractivity contribution in [2.45, 2.75) is 25.4 Å². The topological polar surface area (TPSA) is 90.7 Å². The summed E-state index contributed by atoms with van der Waals surface area (Å²) < 4.78 is 37.4. The quantitative estimate of drug-likeness (QED) is 0.736. The molecule has 0 saturated carbocycles. The van der Waals surface area contributed by atoms with E-state index in [0.29, 0.717) is 24.6 Å². The van der Waals surface area contributed by atoms with Gasteiger partial charge in [-0.25, -0.2) is 13.1 Å². The first-order chi connectivity index (χ1) is 9.89. The summed E-state index contributed by atoms with van der Waals surface area (Å²) in [6, 6.07) is 6.90. The Morgan fingerprint density at radius 3 is 2.95 bits per heavy atom. The minimum absolute atomic E-state index is 0.0797. The van der Waals surface area contributed by atoms with Crippen LogP contribution in [-0.4, -0.2) is 39.5 Å². The molecule has 1 aliphatic rings. The Balaban J connectivity index is 1.76. The third kappa shape index (κ3) is 5.18. The molecule has 21 heavy (non-hydrogen) atoms. The van der Waals surface area contributed by atoms with Gasteiger partial charge in [0.2, 0.25) is 10.0 Å². The smallest absolute Gasteiger partial charge is 0.215 e. The molecule has 7 heteroatoms. The first-order valence-corrected chi connectivity index (χ1v) is 8.63. The van der Waals surface area contributed by atoms with Gasteiger partial charge in [0.05, 0.1) is 11.4 Å². The average Bonchev–Trinajstić information content (AvgIpc) is 2.84. The number of anilines is 1. The van der Waals surface area contributed by atoms with Gasteiger partial charge in [-0.1, -0.05) is 6.07 Å². The van der Waals surface area contributed by atoms with Crippen LogP contribution < -0.4 is 15.2 Å². The largest absolute Gasteiger partial charge is 0.492 e. The second kappa shape index (κ2) is 6.64. The summed E-state index contributed by atoms with van der Waals surface area (Å²) in [6.45, 7) is 2.99. The predicted octanol–water partition coefficient (Wildman–Crippen LogP) is 1.14. The van der Waals surface area contributed by atoms with Gasteiger partial charge in [-0.2, -0.15) is 0 Å². The molecular formula is C14H22N2O4S. The van der Waals surface area contributed by atoms with Gasteiger partial charge in [0.1, 0.15) is 12.4 Å². The third-order valence-corrected chi connectivity index (χ3v) is 4.73. The van der Waals surface area contributed by atoms with Crippen LogP contribution in [-0.2, 0) is 14.8 Å². The van der Waals surface area contributed by atoms with Crippen molar-refractivity contribution in [1.82, 2.24) is 4.72 Å². The Hall–Kier alpha value is -1.31. The molecule has 1 aromatic carbocycles. The van der Waals surface area contributed by atoms with Crippen LogP contribution in [0.1, 0.15) is 19.8 Å². The SMILES string of the molecule is CC1(CNS(=O)(=O)CCOc2cccc(N)c2)CCCO1. The molecule has 0 bridgehead atoms. The van der Waals surface area contributed by atoms with Crippen LogP contribution in [0.15, 0.2) is 24.3 Å². The highest BCUT2D eigenvalue weighted by Crippen LogP contribution is 2.24. The Labute approximate surface area is 125 Å². The maximum Gasteiger partial charge on any atom is 0.215 e. The van der Waals surface area contributed by atoms with Gasteiger partial charge in [0, 0.05) is 24.9 Å². The van der Waals surface area contributed by atoms with E-state index in [1.807, 2.05) is 6.92 Å². The van der Waals surface area contributed by atoms with Crippen molar-refractivity contribution in [3.8, 4) is 5.75 Å². The molecule has 0 radical (unpaired) electrons. The minimum Gasteiger partial charge on any atom is -0.492 e. The molecule has 1 unspecified atom stereocenters. The van der Waals surface area contributed by atoms with Crippen molar-refractivity contribution < 1.29 is 17.9 Å². The van der Waals surface area contributed by atoms with Crippen molar-refractivity contribution >= 4 is 15.7 Å². The number of ether oxygens (including phenoxy) is 2. The van der Waals surface area contributed by atoms with Gasteiger partial charge >= 0.3 is 0 Å². The molecule has 1 aromatic rings. The number of nitrogens with two attached hydrogens (primary N) is 1. The summed E-state index contributed by atoms with van der Waals surface area (Å²) in [5, 5.41) is 0. The summed E-state index contributed by atoms with van der Waals surface area (Å²) in [5.41, 5.74) is 5.82. The minimum atomic E-state index is -3.37. The Bertz CT molecular complexity index is 568. The summed E-state index contributed by atoms with van der Waals surface area (Å²) in [6.07, 6.45) is 1.84. The van der Waals surface area contributed by atoms with Crippen molar-refractivity contribution in [2.24, 2.45) is 0 Å². The first kappa shape index (κ1) is 16.1. The molecule has 1 aliphatic heterocycles. The molecule has 118 valence electrons. The number of benzene rings is 1. The zero-order valence-corrected chi connectivity index (χ0v) is 13.0. The summed E-state index contributed by atoms with van der Waals surface area (Å²) in [5.74, 6) is 0.467. The normalized spacial score (nSPS) is 22.3. The van der Waals surface area contributed by atoms with E-state index in [9.17, 15) is 8.42 Å². The number of hydrogen-bond donors (Lipinski definition) is 2. The Kier molecular flexibility index (Phi) is 5.08. The van der Waals surface area contributed by atoms with Crippen LogP contribution in [0.4, 0.5) is 5.69 Å². The van der Waals surface area contributed by atoms with Crippen LogP contribution in [0.3, 0.4) is 0 Å². The number of sulfonamides is 1. The lowest BCUT2D eigenvalue weighted by Gasteiger charge is -2.23. The lowest BCUT2D eigenvalue weighted by molar-refractivity contribution is 0.0250. The second-order valence-corrected chi connectivity index (χ2v) is 7.39. The van der Waals surface area contributed by atoms with Gasteiger partial charge in [-0.05, 0) is 31.9 Å². The summed E-state index contributed by atoms with van der Waals surface area (Å²) >= 11 is 0. The predicted molar refractivity (Wildman–Crippen MR) is 81.7 cm³/mol. The van der Waals surface area contributed by atoms with Gasteiger partial charge < -0.3 is 15.2 Å². The van der Waals surface area contributed by atoms with E-state index in [1.165, 1.54) is 0 Å². The fraction of sp³-hybridized carbons (Fsp3) is 0.571. The van der Waals surface area contributed by atoms with E-state index in [1.54, 1.807) is 24.3 Å². The van der Waals surface area contributed by atoms with Crippen LogP contribution in [0.25, 0.3) is 0 Å². The monoisotopic (exact) mass is 314 g/mol. The molecular weight excluding hydrogens is 292 g/mol. The molecule has 3 N–H and O–H groups in total. The molecule has 1 fully saturated rings. The molecule has 6 nitrogen and oxygen atoms in total. The first-order valence-electron chi connectivity index (χ1n) is 6.98. The summed E-state index contributed by atoms with van der Waals surface area (Å²) in [4.78, 5) is 0. The molecule has 1 atom stereocenters. The number of nitrogen functional groups attached to an aromatic ring is 1. The lowest BCUT2D eigenvalue weighted by atomic mass is 10.0. The molecule has 1 heterocycles. The number of hydrogen-bond acceptors (Lipinski definition) is 5. The fourth-order valence-corrected chi connectivity index (χ4v) is 3.16. The van der Waals surface area contributed by atoms with Crippen LogP contribution in [0.5, 0.6) is 5.75 Å². The van der Waals surface area contributed by atoms with E-state index in [0.717, 1.165) is 12.8 Å². The summed E-state index contributed by atoms with van der Waals surface area (Å²) in [7, 11) is -3.37. The molecule has 0 aliphatic carbocycles. The standard InChI is InChI=1S/C14H22N2O4S/c1-14(6-3-7-20-14)11-16-21(17,18)9-8-19-13-5-2-4-12(15)10-13/h2,4-5,10,16H,3,6-9,11,15H2,1H3. The third-order valence-electron chi connectivity index (χ3n) is 3.45. The highest BCUT2D eigenvalue weighted by Gasteiger charge is 2.30. The molecule has 0 spiro atoms. The maximum atomic E-state index is 11.9. The van der Waals surface area contributed by atoms with Gasteiger partial charge in [-0.3, -0.25) is 0 Å². The van der Waals surface area contributed by atoms with Crippen LogP contribution >= 0.6 is 0 Å². The molecule has 2 rings (SSSR count). The van der Waals surface area contributed by atoms with E-state index >= 15 is 0 Å². The van der Waals surface area contributed by atoms with Crippen LogP contribution in [0.2, 0.25) is 0 Å². The lowest BCUT2D eigenvalue weighted by Crippen LogP contribution is -2.41. The average molecular weight is 314 g/mol. The molecule has 1 saturated heterocycles. The fourth-order valence-electron chi connectivity index (χ4n) is 2.18. The molecule has 0 amide bonds. The van der Waals surface area contributed by atoms with Crippen molar-refractivity contribution in [3.63, 3.8) is 0 Å². The van der Waals surface area contributed by atoms with Gasteiger partial charge in [-0.15, -0.1) is 0 Å². The van der Waals surface area contributed by atoms with E-state index in [-0.39, 0.29) is 18.0 Å². The van der Waals surface area contributed by atoms with Crippen LogP contribution in [0, 0.1) is 0 Å². The van der Waals surface area contributed by atoms with Crippen molar-refractivity contribution in [1.29, 1.82) is 0 Å². The van der Waals surface area contributed by atoms with Gasteiger partial charge in [0.15, 0.2) is 0 Å².